The molecule has 1 aromatic rings. The normalized spacial score (nSPS) is 26.1. The van der Waals surface area contributed by atoms with E-state index in [1.165, 1.54) is 24.8 Å². The van der Waals surface area contributed by atoms with Crippen LogP contribution in [0.25, 0.3) is 0 Å². The Morgan fingerprint density at radius 1 is 1.29 bits per heavy atom. The first-order chi connectivity index (χ1) is 8.08. The van der Waals surface area contributed by atoms with Gasteiger partial charge >= 0.3 is 0 Å². The molecular formula is C14H21BrN2. The van der Waals surface area contributed by atoms with E-state index in [2.05, 4.69) is 46.8 Å². The highest BCUT2D eigenvalue weighted by atomic mass is 79.9. The third kappa shape index (κ3) is 3.02. The van der Waals surface area contributed by atoms with Gasteiger partial charge in [0.25, 0.3) is 0 Å². The van der Waals surface area contributed by atoms with Gasteiger partial charge in [0, 0.05) is 28.8 Å². The summed E-state index contributed by atoms with van der Waals surface area (Å²) in [7, 11) is 0. The highest BCUT2D eigenvalue weighted by molar-refractivity contribution is 9.10. The fourth-order valence-corrected chi connectivity index (χ4v) is 3.07. The van der Waals surface area contributed by atoms with Gasteiger partial charge in [-0.15, -0.1) is 0 Å². The molecule has 2 nitrogen and oxygen atoms in total. The van der Waals surface area contributed by atoms with Crippen LogP contribution in [0.5, 0.6) is 0 Å². The van der Waals surface area contributed by atoms with Crippen molar-refractivity contribution in [3.8, 4) is 0 Å². The van der Waals surface area contributed by atoms with Gasteiger partial charge < -0.3 is 5.73 Å². The molecule has 0 amide bonds. The van der Waals surface area contributed by atoms with E-state index in [4.69, 9.17) is 5.73 Å². The minimum Gasteiger partial charge on any atom is -0.398 e. The number of nitrogens with zero attached hydrogens (tertiary/aromatic N) is 1. The smallest absolute Gasteiger partial charge is 0.0371 e. The molecule has 94 valence electrons. The summed E-state index contributed by atoms with van der Waals surface area (Å²) in [6, 6.07) is 7.54. The molecule has 1 saturated heterocycles. The van der Waals surface area contributed by atoms with Crippen molar-refractivity contribution in [3.63, 3.8) is 0 Å². The minimum absolute atomic E-state index is 0.668. The maximum atomic E-state index is 6.07. The second kappa shape index (κ2) is 5.40. The molecule has 3 heteroatoms. The van der Waals surface area contributed by atoms with Crippen LogP contribution in [0, 0.1) is 0 Å². The van der Waals surface area contributed by atoms with Crippen LogP contribution in [0.15, 0.2) is 22.7 Å². The molecule has 2 rings (SSSR count). The van der Waals surface area contributed by atoms with Gasteiger partial charge in [-0.1, -0.05) is 28.4 Å². The van der Waals surface area contributed by atoms with E-state index in [1.807, 2.05) is 6.07 Å². The Hall–Kier alpha value is -0.540. The molecule has 1 fully saturated rings. The maximum Gasteiger partial charge on any atom is 0.0371 e. The zero-order valence-corrected chi connectivity index (χ0v) is 12.2. The van der Waals surface area contributed by atoms with Gasteiger partial charge in [-0.05, 0) is 44.4 Å². The first-order valence-electron chi connectivity index (χ1n) is 6.37. The van der Waals surface area contributed by atoms with E-state index in [-0.39, 0.29) is 0 Å². The average Bonchev–Trinajstić information content (AvgIpc) is 2.26. The monoisotopic (exact) mass is 296 g/mol. The third-order valence-electron chi connectivity index (χ3n) is 3.84. The van der Waals surface area contributed by atoms with E-state index in [1.54, 1.807) is 0 Å². The number of anilines is 1. The number of likely N-dealkylation sites (tertiary alicyclic amines) is 1. The number of hydrogen-bond acceptors (Lipinski definition) is 2. The molecule has 0 aromatic heterocycles. The van der Waals surface area contributed by atoms with E-state index in [0.29, 0.717) is 12.1 Å². The molecule has 1 aliphatic rings. The number of rotatable bonds is 2. The lowest BCUT2D eigenvalue weighted by molar-refractivity contribution is 0.0955. The molecule has 17 heavy (non-hydrogen) atoms. The molecule has 0 aliphatic carbocycles. The van der Waals surface area contributed by atoms with Crippen molar-refractivity contribution in [1.29, 1.82) is 0 Å². The van der Waals surface area contributed by atoms with E-state index < -0.39 is 0 Å². The lowest BCUT2D eigenvalue weighted by Crippen LogP contribution is -2.43. The fraction of sp³-hybridized carbons (Fsp3) is 0.571. The molecule has 0 radical (unpaired) electrons. The Morgan fingerprint density at radius 3 is 2.53 bits per heavy atom. The van der Waals surface area contributed by atoms with Crippen molar-refractivity contribution in [2.75, 3.05) is 5.73 Å². The summed E-state index contributed by atoms with van der Waals surface area (Å²) in [6.07, 6.45) is 3.97. The van der Waals surface area contributed by atoms with Crippen LogP contribution in [-0.4, -0.2) is 17.0 Å². The molecule has 1 heterocycles. The number of hydrogen-bond donors (Lipinski definition) is 1. The first kappa shape index (κ1) is 12.9. The van der Waals surface area contributed by atoms with Gasteiger partial charge in [-0.3, -0.25) is 4.90 Å². The molecule has 1 aliphatic heterocycles. The summed E-state index contributed by atoms with van der Waals surface area (Å²) in [4.78, 5) is 2.57. The van der Waals surface area contributed by atoms with Crippen LogP contribution < -0.4 is 5.73 Å². The number of benzene rings is 1. The molecule has 0 spiro atoms. The van der Waals surface area contributed by atoms with Crippen molar-refractivity contribution < 1.29 is 0 Å². The lowest BCUT2D eigenvalue weighted by atomic mass is 9.96. The second-order valence-electron chi connectivity index (χ2n) is 5.14. The lowest BCUT2D eigenvalue weighted by Gasteiger charge is -2.39. The van der Waals surface area contributed by atoms with Gasteiger partial charge in [0.05, 0.1) is 0 Å². The van der Waals surface area contributed by atoms with Gasteiger partial charge in [-0.25, -0.2) is 0 Å². The van der Waals surface area contributed by atoms with Crippen LogP contribution in [0.1, 0.15) is 38.7 Å². The van der Waals surface area contributed by atoms with Crippen molar-refractivity contribution in [2.45, 2.75) is 51.7 Å². The third-order valence-corrected chi connectivity index (χ3v) is 4.33. The number of halogens is 1. The Labute approximate surface area is 112 Å². The Bertz CT molecular complexity index is 382. The van der Waals surface area contributed by atoms with Crippen LogP contribution in [0.2, 0.25) is 0 Å². The number of piperidine rings is 1. The summed E-state index contributed by atoms with van der Waals surface area (Å²) in [5.74, 6) is 0. The first-order valence-corrected chi connectivity index (χ1v) is 7.17. The highest BCUT2D eigenvalue weighted by Gasteiger charge is 2.24. The van der Waals surface area contributed by atoms with Gasteiger partial charge in [0.1, 0.15) is 0 Å². The molecule has 0 saturated carbocycles. The van der Waals surface area contributed by atoms with Crippen LogP contribution in [0.4, 0.5) is 5.69 Å². The number of nitrogens with two attached hydrogens (primary N) is 1. The van der Waals surface area contributed by atoms with Gasteiger partial charge in [0.2, 0.25) is 0 Å². The maximum absolute atomic E-state index is 6.07. The Balaban J connectivity index is 2.13. The van der Waals surface area contributed by atoms with E-state index in [9.17, 15) is 0 Å². The predicted octanol–water partition coefficient (Wildman–Crippen LogP) is 3.79. The molecule has 2 atom stereocenters. The second-order valence-corrected chi connectivity index (χ2v) is 6.06. The highest BCUT2D eigenvalue weighted by Crippen LogP contribution is 2.27. The van der Waals surface area contributed by atoms with Crippen LogP contribution in [0.3, 0.4) is 0 Å². The summed E-state index contributed by atoms with van der Waals surface area (Å²) >= 11 is 3.45. The van der Waals surface area contributed by atoms with E-state index in [0.717, 1.165) is 16.7 Å². The molecule has 0 bridgehead atoms. The number of nitrogen functional groups attached to an aromatic ring is 1. The summed E-state index contributed by atoms with van der Waals surface area (Å²) in [6.45, 7) is 5.62. The molecule has 0 unspecified atom stereocenters. The topological polar surface area (TPSA) is 29.3 Å². The standard InChI is InChI=1S/C14H21BrN2/c1-10-4-3-5-11(2)17(10)9-12-6-7-13(15)8-14(12)16/h6-8,10-11H,3-5,9,16H2,1-2H3/t10-,11+. The van der Waals surface area contributed by atoms with Crippen molar-refractivity contribution in [2.24, 2.45) is 0 Å². The van der Waals surface area contributed by atoms with E-state index >= 15 is 0 Å². The zero-order valence-electron chi connectivity index (χ0n) is 10.6. The summed E-state index contributed by atoms with van der Waals surface area (Å²) < 4.78 is 1.05. The largest absolute Gasteiger partial charge is 0.398 e. The zero-order chi connectivity index (χ0) is 12.4. The summed E-state index contributed by atoms with van der Waals surface area (Å²) in [5.41, 5.74) is 8.21. The fourth-order valence-electron chi connectivity index (χ4n) is 2.69. The van der Waals surface area contributed by atoms with Crippen LogP contribution in [-0.2, 0) is 6.54 Å². The average molecular weight is 297 g/mol. The molecule has 2 N–H and O–H groups in total. The molecular weight excluding hydrogens is 276 g/mol. The van der Waals surface area contributed by atoms with Crippen molar-refractivity contribution >= 4 is 21.6 Å². The van der Waals surface area contributed by atoms with Crippen LogP contribution >= 0.6 is 15.9 Å². The SMILES string of the molecule is C[C@@H]1CCC[C@H](C)N1Cc1ccc(Br)cc1N. The Morgan fingerprint density at radius 2 is 1.94 bits per heavy atom. The quantitative estimate of drug-likeness (QED) is 0.841. The van der Waals surface area contributed by atoms with Crippen molar-refractivity contribution in [3.05, 3.63) is 28.2 Å². The molecule has 1 aromatic carbocycles. The Kier molecular flexibility index (Phi) is 4.10. The van der Waals surface area contributed by atoms with Gasteiger partial charge in [0.15, 0.2) is 0 Å². The predicted molar refractivity (Wildman–Crippen MR) is 76.9 cm³/mol. The van der Waals surface area contributed by atoms with Crippen molar-refractivity contribution in [1.82, 2.24) is 4.90 Å². The van der Waals surface area contributed by atoms with Gasteiger partial charge in [-0.2, -0.15) is 0 Å². The minimum atomic E-state index is 0.668. The summed E-state index contributed by atoms with van der Waals surface area (Å²) in [5, 5.41) is 0.